The summed E-state index contributed by atoms with van der Waals surface area (Å²) >= 11 is 7.69. The lowest BCUT2D eigenvalue weighted by atomic mass is 9.95. The van der Waals surface area contributed by atoms with Gasteiger partial charge in [-0.15, -0.1) is 6.42 Å². The van der Waals surface area contributed by atoms with Crippen LogP contribution >= 0.6 is 22.9 Å². The third-order valence-corrected chi connectivity index (χ3v) is 7.43. The van der Waals surface area contributed by atoms with Crippen LogP contribution in [0.5, 0.6) is 23.0 Å². The first kappa shape index (κ1) is 29.8. The number of benzene rings is 2. The minimum atomic E-state index is -0.811. The van der Waals surface area contributed by atoms with Crippen molar-refractivity contribution in [2.75, 3.05) is 34.0 Å². The van der Waals surface area contributed by atoms with E-state index < -0.39 is 12.0 Å². The van der Waals surface area contributed by atoms with Crippen LogP contribution in [0.4, 0.5) is 0 Å². The maximum atomic E-state index is 14.0. The highest BCUT2D eigenvalue weighted by Crippen LogP contribution is 2.38. The number of allylic oxidation sites excluding steroid dienone is 1. The van der Waals surface area contributed by atoms with Crippen LogP contribution in [0.2, 0.25) is 5.02 Å². The molecule has 0 aliphatic carbocycles. The molecule has 0 saturated heterocycles. The zero-order valence-electron chi connectivity index (χ0n) is 23.3. The number of esters is 1. The molecule has 41 heavy (non-hydrogen) atoms. The molecule has 2 aromatic carbocycles. The molecule has 2 heterocycles. The van der Waals surface area contributed by atoms with E-state index in [9.17, 15) is 9.59 Å². The summed E-state index contributed by atoms with van der Waals surface area (Å²) in [5, 5.41) is 0.286. The highest BCUT2D eigenvalue weighted by Gasteiger charge is 2.34. The molecule has 1 aliphatic rings. The van der Waals surface area contributed by atoms with Crippen molar-refractivity contribution in [1.29, 1.82) is 0 Å². The topological polar surface area (TPSA) is 97.6 Å². The maximum absolute atomic E-state index is 14.0. The number of ether oxygens (including phenoxy) is 5. The van der Waals surface area contributed by atoms with Crippen molar-refractivity contribution in [3.05, 3.63) is 77.4 Å². The van der Waals surface area contributed by atoms with Crippen molar-refractivity contribution in [1.82, 2.24) is 4.57 Å². The molecule has 4 rings (SSSR count). The van der Waals surface area contributed by atoms with Crippen LogP contribution < -0.4 is 33.8 Å². The molecule has 9 nitrogen and oxygen atoms in total. The SMILES string of the molecule is C#CCOc1c(Cl)cc(/C=c2\sc3n(c2=O)[C@@H](c2ccc(OC)c(OC)c2)C(C(=O)OCC)=C(C)N=3)cc1OCC. The molecule has 1 aliphatic heterocycles. The Balaban J connectivity index is 1.93. The number of fused-ring (bicyclic) bond motifs is 1. The summed E-state index contributed by atoms with van der Waals surface area (Å²) in [4.78, 5) is 32.2. The van der Waals surface area contributed by atoms with Gasteiger partial charge in [-0.05, 0) is 62.2 Å². The number of hydrogen-bond donors (Lipinski definition) is 0. The molecule has 0 N–H and O–H groups in total. The summed E-state index contributed by atoms with van der Waals surface area (Å²) in [5.41, 5.74) is 1.61. The van der Waals surface area contributed by atoms with Crippen LogP contribution in [-0.2, 0) is 9.53 Å². The Labute approximate surface area is 246 Å². The Hall–Kier alpha value is -4.20. The minimum absolute atomic E-state index is 0.0238. The summed E-state index contributed by atoms with van der Waals surface area (Å²) in [6, 6.07) is 7.82. The van der Waals surface area contributed by atoms with Gasteiger partial charge in [-0.3, -0.25) is 9.36 Å². The zero-order chi connectivity index (χ0) is 29.7. The number of carbonyl (C=O) groups is 1. The Morgan fingerprint density at radius 2 is 1.88 bits per heavy atom. The van der Waals surface area contributed by atoms with Crippen LogP contribution in [0.1, 0.15) is 37.9 Å². The largest absolute Gasteiger partial charge is 0.493 e. The van der Waals surface area contributed by atoms with Crippen molar-refractivity contribution in [3.63, 3.8) is 0 Å². The second-order valence-corrected chi connectivity index (χ2v) is 10.1. The number of thiazole rings is 1. The molecule has 0 saturated carbocycles. The van der Waals surface area contributed by atoms with Crippen molar-refractivity contribution in [2.45, 2.75) is 26.8 Å². The first-order chi connectivity index (χ1) is 19.8. The molecule has 3 aromatic rings. The number of rotatable bonds is 10. The molecular weight excluding hydrogens is 568 g/mol. The number of methoxy groups -OCH3 is 2. The first-order valence-corrected chi connectivity index (χ1v) is 13.9. The van der Waals surface area contributed by atoms with Gasteiger partial charge in [0.2, 0.25) is 0 Å². The van der Waals surface area contributed by atoms with Gasteiger partial charge in [-0.2, -0.15) is 0 Å². The normalized spacial score (nSPS) is 14.6. The van der Waals surface area contributed by atoms with E-state index in [1.165, 1.54) is 30.1 Å². The van der Waals surface area contributed by atoms with Gasteiger partial charge in [-0.1, -0.05) is 34.9 Å². The van der Waals surface area contributed by atoms with Crippen molar-refractivity contribution in [2.24, 2.45) is 4.99 Å². The Morgan fingerprint density at radius 1 is 1.12 bits per heavy atom. The summed E-state index contributed by atoms with van der Waals surface area (Å²) in [6.45, 7) is 5.84. The smallest absolute Gasteiger partial charge is 0.338 e. The Kier molecular flexibility index (Phi) is 9.42. The summed E-state index contributed by atoms with van der Waals surface area (Å²) < 4.78 is 29.4. The number of carbonyl (C=O) groups excluding carboxylic acids is 1. The van der Waals surface area contributed by atoms with Gasteiger partial charge in [0.15, 0.2) is 27.8 Å². The van der Waals surface area contributed by atoms with E-state index in [2.05, 4.69) is 10.9 Å². The Morgan fingerprint density at radius 3 is 2.54 bits per heavy atom. The molecule has 0 spiro atoms. The monoisotopic (exact) mass is 596 g/mol. The van der Waals surface area contributed by atoms with Gasteiger partial charge < -0.3 is 23.7 Å². The predicted molar refractivity (Wildman–Crippen MR) is 157 cm³/mol. The van der Waals surface area contributed by atoms with Gasteiger partial charge >= 0.3 is 5.97 Å². The standard InChI is InChI=1S/C30H29ClN2O7S/c1-7-12-40-27-20(31)13-18(14-23(27)38-8-2)15-24-28(34)33-26(19-10-11-21(36-5)22(16-19)37-6)25(29(35)39-9-3)17(4)32-30(33)41-24/h1,10-11,13-16,26H,8-9,12H2,2-6H3/b24-15-/t26-/m0/s1. The number of nitrogens with zero attached hydrogens (tertiary/aromatic N) is 2. The minimum Gasteiger partial charge on any atom is -0.493 e. The molecule has 0 unspecified atom stereocenters. The van der Waals surface area contributed by atoms with Crippen LogP contribution in [0.25, 0.3) is 6.08 Å². The lowest BCUT2D eigenvalue weighted by Gasteiger charge is -2.25. The first-order valence-electron chi connectivity index (χ1n) is 12.7. The van der Waals surface area contributed by atoms with Crippen molar-refractivity contribution < 1.29 is 28.5 Å². The van der Waals surface area contributed by atoms with E-state index in [4.69, 9.17) is 41.7 Å². The van der Waals surface area contributed by atoms with E-state index in [-0.39, 0.29) is 29.4 Å². The fourth-order valence-electron chi connectivity index (χ4n) is 4.47. The molecule has 0 bridgehead atoms. The van der Waals surface area contributed by atoms with E-state index in [1.807, 2.05) is 6.92 Å². The number of hydrogen-bond acceptors (Lipinski definition) is 9. The molecule has 1 atom stereocenters. The summed E-state index contributed by atoms with van der Waals surface area (Å²) in [6.07, 6.45) is 7.02. The molecule has 0 amide bonds. The molecule has 0 fully saturated rings. The molecule has 0 radical (unpaired) electrons. The number of terminal acetylenes is 1. The molecule has 214 valence electrons. The van der Waals surface area contributed by atoms with E-state index in [1.54, 1.807) is 50.3 Å². The van der Waals surface area contributed by atoms with Crippen LogP contribution in [-0.4, -0.2) is 44.6 Å². The fourth-order valence-corrected chi connectivity index (χ4v) is 5.79. The van der Waals surface area contributed by atoms with Crippen molar-refractivity contribution in [3.8, 4) is 35.3 Å². The third kappa shape index (κ3) is 5.97. The van der Waals surface area contributed by atoms with E-state index in [0.29, 0.717) is 55.8 Å². The summed E-state index contributed by atoms with van der Waals surface area (Å²) in [5.74, 6) is 3.55. The van der Waals surface area contributed by atoms with Gasteiger partial charge in [0.05, 0.1) is 54.3 Å². The fraction of sp³-hybridized carbons (Fsp3) is 0.300. The van der Waals surface area contributed by atoms with Gasteiger partial charge in [0, 0.05) is 0 Å². The van der Waals surface area contributed by atoms with Crippen LogP contribution in [0, 0.1) is 12.3 Å². The molecule has 1 aromatic heterocycles. The van der Waals surface area contributed by atoms with Gasteiger partial charge in [-0.25, -0.2) is 9.79 Å². The second kappa shape index (κ2) is 13.0. The number of aromatic nitrogens is 1. The lowest BCUT2D eigenvalue weighted by Crippen LogP contribution is -2.40. The third-order valence-electron chi connectivity index (χ3n) is 6.17. The molecule has 11 heteroatoms. The molecular formula is C30H29ClN2O7S. The maximum Gasteiger partial charge on any atom is 0.338 e. The zero-order valence-corrected chi connectivity index (χ0v) is 24.9. The van der Waals surface area contributed by atoms with Gasteiger partial charge in [0.1, 0.15) is 6.61 Å². The predicted octanol–water partition coefficient (Wildman–Crippen LogP) is 3.88. The van der Waals surface area contributed by atoms with E-state index >= 15 is 0 Å². The van der Waals surface area contributed by atoms with Crippen LogP contribution in [0.15, 0.2) is 51.4 Å². The number of halogens is 1. The average molecular weight is 597 g/mol. The second-order valence-electron chi connectivity index (χ2n) is 8.67. The summed E-state index contributed by atoms with van der Waals surface area (Å²) in [7, 11) is 3.05. The van der Waals surface area contributed by atoms with Gasteiger partial charge in [0.25, 0.3) is 5.56 Å². The van der Waals surface area contributed by atoms with E-state index in [0.717, 1.165) is 0 Å². The highest BCUT2D eigenvalue weighted by atomic mass is 35.5. The van der Waals surface area contributed by atoms with Crippen LogP contribution in [0.3, 0.4) is 0 Å². The van der Waals surface area contributed by atoms with Crippen molar-refractivity contribution >= 4 is 35.0 Å². The average Bonchev–Trinajstić information content (AvgIpc) is 3.25. The quantitative estimate of drug-likeness (QED) is 0.259. The highest BCUT2D eigenvalue weighted by molar-refractivity contribution is 7.07. The Bertz CT molecular complexity index is 1730. The lowest BCUT2D eigenvalue weighted by molar-refractivity contribution is -0.139.